The van der Waals surface area contributed by atoms with Crippen LogP contribution in [0.25, 0.3) is 0 Å². The normalized spacial score (nSPS) is 12.7. The van der Waals surface area contributed by atoms with Gasteiger partial charge in [0.15, 0.2) is 0 Å². The Labute approximate surface area is 110 Å². The van der Waals surface area contributed by atoms with E-state index >= 15 is 0 Å². The van der Waals surface area contributed by atoms with Gasteiger partial charge in [-0.15, -0.1) is 0 Å². The van der Waals surface area contributed by atoms with Crippen molar-refractivity contribution in [2.75, 3.05) is 6.61 Å². The Morgan fingerprint density at radius 2 is 2.12 bits per heavy atom. The molecule has 0 atom stereocenters. The molecule has 1 aromatic carbocycles. The third kappa shape index (κ3) is 4.55. The predicted molar refractivity (Wildman–Crippen MR) is 63.4 cm³/mol. The minimum absolute atomic E-state index is 0.278. The molecule has 0 heterocycles. The molecule has 0 amide bonds. The molecule has 0 aliphatic rings. The molecule has 0 aliphatic carbocycles. The summed E-state index contributed by atoms with van der Waals surface area (Å²) in [5.74, 6) is 0. The molecule has 0 saturated carbocycles. The fraction of sp³-hybridized carbons (Fsp3) is 0.300. The quantitative estimate of drug-likeness (QED) is 0.594. The molecule has 7 heteroatoms. The number of oxime groups is 1. The largest absolute Gasteiger partial charge is 0.425 e. The summed E-state index contributed by atoms with van der Waals surface area (Å²) in [6.45, 7) is 0.0972. The zero-order valence-corrected chi connectivity index (χ0v) is 11.0. The summed E-state index contributed by atoms with van der Waals surface area (Å²) >= 11 is 9.16. The van der Waals surface area contributed by atoms with Gasteiger partial charge in [-0.2, -0.15) is 13.2 Å². The summed E-state index contributed by atoms with van der Waals surface area (Å²) in [5.41, 5.74) is 0.795. The van der Waals surface area contributed by atoms with Crippen LogP contribution in [0.2, 0.25) is 5.02 Å². The van der Waals surface area contributed by atoms with E-state index in [-0.39, 0.29) is 5.71 Å². The third-order valence-corrected chi connectivity index (χ3v) is 3.07. The number of nitrogens with zero attached hydrogens (tertiary/aromatic N) is 1. The fourth-order valence-corrected chi connectivity index (χ4v) is 1.66. The molecular formula is C10H8BrClF3NO. The molecule has 0 saturated heterocycles. The lowest BCUT2D eigenvalue weighted by Gasteiger charge is -2.07. The van der Waals surface area contributed by atoms with Crippen LogP contribution in [0, 0.1) is 0 Å². The lowest BCUT2D eigenvalue weighted by Crippen LogP contribution is -2.15. The van der Waals surface area contributed by atoms with Crippen molar-refractivity contribution in [3.63, 3.8) is 0 Å². The lowest BCUT2D eigenvalue weighted by atomic mass is 10.1. The first-order valence-electron chi connectivity index (χ1n) is 4.49. The van der Waals surface area contributed by atoms with Gasteiger partial charge in [0.05, 0.1) is 10.7 Å². The summed E-state index contributed by atoms with van der Waals surface area (Å²) in [5, 5.41) is 3.75. The molecule has 0 spiro atoms. The Morgan fingerprint density at radius 1 is 1.47 bits per heavy atom. The van der Waals surface area contributed by atoms with Crippen molar-refractivity contribution in [3.8, 4) is 0 Å². The Balaban J connectivity index is 2.79. The van der Waals surface area contributed by atoms with E-state index in [2.05, 4.69) is 25.9 Å². The van der Waals surface area contributed by atoms with E-state index in [1.807, 2.05) is 0 Å². The number of halogens is 5. The van der Waals surface area contributed by atoms with E-state index < -0.39 is 12.8 Å². The van der Waals surface area contributed by atoms with Crippen molar-refractivity contribution in [2.45, 2.75) is 13.1 Å². The van der Waals surface area contributed by atoms with Crippen LogP contribution in [-0.2, 0) is 4.84 Å². The summed E-state index contributed by atoms with van der Waals surface area (Å²) in [4.78, 5) is 4.20. The minimum Gasteiger partial charge on any atom is -0.386 e. The zero-order chi connectivity index (χ0) is 13.1. The molecule has 0 aliphatic heterocycles. The molecule has 1 rings (SSSR count). The Kier molecular flexibility index (Phi) is 4.82. The molecule has 1 aromatic rings. The van der Waals surface area contributed by atoms with Crippen LogP contribution in [0.3, 0.4) is 0 Å². The summed E-state index contributed by atoms with van der Waals surface area (Å²) in [6.07, 6.45) is -4.40. The van der Waals surface area contributed by atoms with E-state index in [1.54, 1.807) is 18.2 Å². The Morgan fingerprint density at radius 3 is 2.71 bits per heavy atom. The third-order valence-electron chi connectivity index (χ3n) is 1.77. The van der Waals surface area contributed by atoms with E-state index in [9.17, 15) is 13.2 Å². The standard InChI is InChI=1S/C10H8BrClF3NO/c1-6(16-17-5-10(13,14)15)7-3-2-4-8(11)9(7)12/h2-4H,5H2,1H3. The number of hydrogen-bond acceptors (Lipinski definition) is 2. The Bertz CT molecular complexity index is 434. The van der Waals surface area contributed by atoms with Crippen LogP contribution in [0.1, 0.15) is 12.5 Å². The zero-order valence-electron chi connectivity index (χ0n) is 8.68. The van der Waals surface area contributed by atoms with E-state index in [4.69, 9.17) is 11.6 Å². The average molecular weight is 331 g/mol. The second-order valence-electron chi connectivity index (χ2n) is 3.17. The van der Waals surface area contributed by atoms with E-state index in [0.717, 1.165) is 0 Å². The number of hydrogen-bond donors (Lipinski definition) is 0. The predicted octanol–water partition coefficient (Wildman–Crippen LogP) is 4.41. The summed E-state index contributed by atoms with van der Waals surface area (Å²) in [7, 11) is 0. The first kappa shape index (κ1) is 14.3. The van der Waals surface area contributed by atoms with Crippen LogP contribution in [0.5, 0.6) is 0 Å². The Hall–Kier alpha value is -0.750. The van der Waals surface area contributed by atoms with Gasteiger partial charge in [0, 0.05) is 10.0 Å². The second kappa shape index (κ2) is 5.73. The van der Waals surface area contributed by atoms with Gasteiger partial charge in [-0.25, -0.2) is 0 Å². The number of alkyl halides is 3. The molecule has 17 heavy (non-hydrogen) atoms. The SMILES string of the molecule is CC(=NOCC(F)(F)F)c1cccc(Br)c1Cl. The smallest absolute Gasteiger partial charge is 0.386 e. The highest BCUT2D eigenvalue weighted by molar-refractivity contribution is 9.10. The molecular weight excluding hydrogens is 322 g/mol. The molecule has 0 radical (unpaired) electrons. The first-order chi connectivity index (χ1) is 7.81. The fourth-order valence-electron chi connectivity index (χ4n) is 1.03. The molecule has 0 unspecified atom stereocenters. The molecule has 0 N–H and O–H groups in total. The first-order valence-corrected chi connectivity index (χ1v) is 5.66. The van der Waals surface area contributed by atoms with Gasteiger partial charge in [0.25, 0.3) is 0 Å². The van der Waals surface area contributed by atoms with Crippen molar-refractivity contribution >= 4 is 33.2 Å². The highest BCUT2D eigenvalue weighted by Gasteiger charge is 2.28. The number of rotatable bonds is 3. The van der Waals surface area contributed by atoms with E-state index in [0.29, 0.717) is 15.1 Å². The van der Waals surface area contributed by atoms with Gasteiger partial charge in [-0.3, -0.25) is 0 Å². The van der Waals surface area contributed by atoms with Crippen LogP contribution < -0.4 is 0 Å². The molecule has 94 valence electrons. The minimum atomic E-state index is -4.40. The summed E-state index contributed by atoms with van der Waals surface area (Å²) < 4.78 is 36.1. The van der Waals surface area contributed by atoms with Crippen molar-refractivity contribution in [3.05, 3.63) is 33.3 Å². The highest BCUT2D eigenvalue weighted by atomic mass is 79.9. The van der Waals surface area contributed by atoms with Crippen LogP contribution >= 0.6 is 27.5 Å². The van der Waals surface area contributed by atoms with Gasteiger partial charge >= 0.3 is 6.18 Å². The van der Waals surface area contributed by atoms with Crippen molar-refractivity contribution in [2.24, 2.45) is 5.16 Å². The van der Waals surface area contributed by atoms with Crippen molar-refractivity contribution < 1.29 is 18.0 Å². The van der Waals surface area contributed by atoms with Crippen molar-refractivity contribution in [1.29, 1.82) is 0 Å². The van der Waals surface area contributed by atoms with Gasteiger partial charge in [0.2, 0.25) is 6.61 Å². The van der Waals surface area contributed by atoms with Crippen molar-refractivity contribution in [1.82, 2.24) is 0 Å². The van der Waals surface area contributed by atoms with Gasteiger partial charge in [0.1, 0.15) is 0 Å². The second-order valence-corrected chi connectivity index (χ2v) is 4.40. The summed E-state index contributed by atoms with van der Waals surface area (Å²) in [6, 6.07) is 5.06. The molecule has 0 aromatic heterocycles. The highest BCUT2D eigenvalue weighted by Crippen LogP contribution is 2.26. The maximum atomic E-state index is 11.8. The molecule has 2 nitrogen and oxygen atoms in total. The molecule has 0 bridgehead atoms. The van der Waals surface area contributed by atoms with Gasteiger partial charge < -0.3 is 4.84 Å². The maximum absolute atomic E-state index is 11.8. The van der Waals surface area contributed by atoms with E-state index in [1.165, 1.54) is 6.92 Å². The maximum Gasteiger partial charge on any atom is 0.425 e. The van der Waals surface area contributed by atoms with Gasteiger partial charge in [-0.1, -0.05) is 28.9 Å². The van der Waals surface area contributed by atoms with Crippen LogP contribution in [0.15, 0.2) is 27.8 Å². The lowest BCUT2D eigenvalue weighted by molar-refractivity contribution is -0.173. The van der Waals surface area contributed by atoms with Crippen LogP contribution in [-0.4, -0.2) is 18.5 Å². The average Bonchev–Trinajstić information content (AvgIpc) is 2.20. The topological polar surface area (TPSA) is 21.6 Å². The number of benzene rings is 1. The molecule has 0 fully saturated rings. The van der Waals surface area contributed by atoms with Crippen LogP contribution in [0.4, 0.5) is 13.2 Å². The van der Waals surface area contributed by atoms with Gasteiger partial charge in [-0.05, 0) is 28.9 Å². The monoisotopic (exact) mass is 329 g/mol.